The third kappa shape index (κ3) is 3.40. The molecule has 0 spiro atoms. The van der Waals surface area contributed by atoms with Gasteiger partial charge in [-0.25, -0.2) is 9.07 Å². The number of hydrogen-bond acceptors (Lipinski definition) is 3. The third-order valence-corrected chi connectivity index (χ3v) is 4.22. The Hall–Kier alpha value is -2.43. The van der Waals surface area contributed by atoms with Gasteiger partial charge in [-0.2, -0.15) is 5.10 Å². The Morgan fingerprint density at radius 1 is 1.38 bits per heavy atom. The minimum atomic E-state index is -0.283. The molecule has 0 N–H and O–H groups in total. The van der Waals surface area contributed by atoms with Crippen molar-refractivity contribution < 1.29 is 4.39 Å². The molecule has 1 saturated heterocycles. The topological polar surface area (TPSA) is 33.4 Å². The quantitative estimate of drug-likeness (QED) is 0.791. The molecule has 0 radical (unpaired) electrons. The Labute approximate surface area is 142 Å². The molecule has 0 saturated carbocycles. The lowest BCUT2D eigenvalue weighted by molar-refractivity contribution is 0.604. The second-order valence-electron chi connectivity index (χ2n) is 6.57. The minimum absolute atomic E-state index is 0.283. The Kier molecular flexibility index (Phi) is 4.51. The minimum Gasteiger partial charge on any atom is -0.345 e. The van der Waals surface area contributed by atoms with Gasteiger partial charge in [-0.15, -0.1) is 0 Å². The summed E-state index contributed by atoms with van der Waals surface area (Å²) in [7, 11) is 0. The first kappa shape index (κ1) is 16.4. The van der Waals surface area contributed by atoms with E-state index in [1.54, 1.807) is 23.0 Å². The zero-order valence-electron chi connectivity index (χ0n) is 14.5. The van der Waals surface area contributed by atoms with Gasteiger partial charge in [-0.3, -0.25) is 4.99 Å². The second kappa shape index (κ2) is 6.59. The van der Waals surface area contributed by atoms with Crippen molar-refractivity contribution in [2.24, 2.45) is 10.9 Å². The van der Waals surface area contributed by atoms with E-state index < -0.39 is 0 Å². The first-order valence-corrected chi connectivity index (χ1v) is 8.19. The summed E-state index contributed by atoms with van der Waals surface area (Å²) in [5.41, 5.74) is 4.26. The monoisotopic (exact) mass is 326 g/mol. The fraction of sp³-hybridized carbons (Fsp3) is 0.368. The van der Waals surface area contributed by atoms with Gasteiger partial charge in [0.2, 0.25) is 0 Å². The summed E-state index contributed by atoms with van der Waals surface area (Å²) < 4.78 is 16.1. The first-order valence-electron chi connectivity index (χ1n) is 8.19. The summed E-state index contributed by atoms with van der Waals surface area (Å²) >= 11 is 0. The number of rotatable bonds is 4. The standard InChI is InChI=1S/C19H23FN4/c1-13(2)21-11-16-9-15(4)23(12-16)17-5-6-19(18(20)10-17)24-8-7-14(3)22-24/h5-8,10,16H,4,9,11-12H2,1-3H3. The van der Waals surface area contributed by atoms with Crippen LogP contribution in [0, 0.1) is 18.7 Å². The highest BCUT2D eigenvalue weighted by Gasteiger charge is 2.26. The van der Waals surface area contributed by atoms with Gasteiger partial charge < -0.3 is 4.90 Å². The summed E-state index contributed by atoms with van der Waals surface area (Å²) in [6.45, 7) is 11.7. The van der Waals surface area contributed by atoms with Crippen LogP contribution >= 0.6 is 0 Å². The number of aromatic nitrogens is 2. The zero-order valence-corrected chi connectivity index (χ0v) is 14.5. The van der Waals surface area contributed by atoms with Crippen molar-refractivity contribution in [2.45, 2.75) is 27.2 Å². The number of anilines is 1. The molecule has 0 amide bonds. The van der Waals surface area contributed by atoms with E-state index in [4.69, 9.17) is 0 Å². The lowest BCUT2D eigenvalue weighted by Crippen LogP contribution is -2.19. The Morgan fingerprint density at radius 3 is 2.79 bits per heavy atom. The molecule has 1 unspecified atom stereocenters. The van der Waals surface area contributed by atoms with Crippen molar-refractivity contribution in [1.82, 2.24) is 9.78 Å². The maximum absolute atomic E-state index is 14.5. The van der Waals surface area contributed by atoms with Crippen molar-refractivity contribution in [3.8, 4) is 5.69 Å². The van der Waals surface area contributed by atoms with E-state index >= 15 is 0 Å². The predicted molar refractivity (Wildman–Crippen MR) is 96.5 cm³/mol. The van der Waals surface area contributed by atoms with E-state index in [9.17, 15) is 4.39 Å². The molecule has 5 heteroatoms. The molecule has 126 valence electrons. The van der Waals surface area contributed by atoms with Gasteiger partial charge in [-0.1, -0.05) is 6.58 Å². The van der Waals surface area contributed by atoms with E-state index in [2.05, 4.69) is 21.6 Å². The van der Waals surface area contributed by atoms with E-state index in [1.165, 1.54) is 0 Å². The van der Waals surface area contributed by atoms with Crippen LogP contribution in [-0.2, 0) is 0 Å². The van der Waals surface area contributed by atoms with E-state index in [0.717, 1.165) is 42.3 Å². The van der Waals surface area contributed by atoms with Crippen LogP contribution in [0.2, 0.25) is 0 Å². The van der Waals surface area contributed by atoms with Gasteiger partial charge in [0.15, 0.2) is 5.82 Å². The normalized spacial score (nSPS) is 17.4. The van der Waals surface area contributed by atoms with Crippen molar-refractivity contribution >= 4 is 11.4 Å². The van der Waals surface area contributed by atoms with Gasteiger partial charge in [-0.05, 0) is 51.5 Å². The average Bonchev–Trinajstić information content (AvgIpc) is 3.11. The highest BCUT2D eigenvalue weighted by Crippen LogP contribution is 2.32. The molecule has 1 aromatic heterocycles. The summed E-state index contributed by atoms with van der Waals surface area (Å²) in [6, 6.07) is 7.12. The molecule has 4 nitrogen and oxygen atoms in total. The number of aryl methyl sites for hydroxylation is 1. The SMILES string of the molecule is C=C1CC(CN=C(C)C)CN1c1ccc(-n2ccc(C)n2)c(F)c1. The van der Waals surface area contributed by atoms with Crippen LogP contribution in [0.15, 0.2) is 47.7 Å². The molecule has 1 aliphatic rings. The molecule has 3 rings (SSSR count). The molecule has 1 aliphatic heterocycles. The van der Waals surface area contributed by atoms with Crippen LogP contribution in [0.4, 0.5) is 10.1 Å². The molecule has 24 heavy (non-hydrogen) atoms. The van der Waals surface area contributed by atoms with Crippen LogP contribution in [0.1, 0.15) is 26.0 Å². The molecule has 1 fully saturated rings. The maximum Gasteiger partial charge on any atom is 0.150 e. The van der Waals surface area contributed by atoms with Crippen molar-refractivity contribution in [3.05, 3.63) is 54.2 Å². The fourth-order valence-electron chi connectivity index (χ4n) is 3.02. The summed E-state index contributed by atoms with van der Waals surface area (Å²) in [5.74, 6) is 0.151. The Balaban J connectivity index is 1.79. The van der Waals surface area contributed by atoms with Crippen molar-refractivity contribution in [1.29, 1.82) is 0 Å². The average molecular weight is 326 g/mol. The Morgan fingerprint density at radius 2 is 2.17 bits per heavy atom. The lowest BCUT2D eigenvalue weighted by atomic mass is 10.1. The summed E-state index contributed by atoms with van der Waals surface area (Å²) in [5, 5.41) is 4.27. The van der Waals surface area contributed by atoms with Crippen LogP contribution in [0.3, 0.4) is 0 Å². The molecule has 2 aromatic rings. The molecule has 1 aromatic carbocycles. The van der Waals surface area contributed by atoms with Gasteiger partial charge in [0.05, 0.1) is 5.69 Å². The van der Waals surface area contributed by atoms with Gasteiger partial charge in [0.1, 0.15) is 5.69 Å². The van der Waals surface area contributed by atoms with E-state index in [1.807, 2.05) is 32.9 Å². The van der Waals surface area contributed by atoms with Crippen molar-refractivity contribution in [2.75, 3.05) is 18.0 Å². The first-order chi connectivity index (χ1) is 11.4. The number of hydrogen-bond donors (Lipinski definition) is 0. The second-order valence-corrected chi connectivity index (χ2v) is 6.57. The number of halogens is 1. The molecule has 2 heterocycles. The molecule has 0 bridgehead atoms. The smallest absolute Gasteiger partial charge is 0.150 e. The number of nitrogens with zero attached hydrogens (tertiary/aromatic N) is 4. The molecule has 0 aliphatic carbocycles. The highest BCUT2D eigenvalue weighted by atomic mass is 19.1. The summed E-state index contributed by atoms with van der Waals surface area (Å²) in [6.07, 6.45) is 2.67. The van der Waals surface area contributed by atoms with Crippen LogP contribution in [-0.4, -0.2) is 28.6 Å². The maximum atomic E-state index is 14.5. The largest absolute Gasteiger partial charge is 0.345 e. The third-order valence-electron chi connectivity index (χ3n) is 4.22. The van der Waals surface area contributed by atoms with Gasteiger partial charge in [0.25, 0.3) is 0 Å². The predicted octanol–water partition coefficient (Wildman–Crippen LogP) is 4.14. The van der Waals surface area contributed by atoms with Gasteiger partial charge in [0, 0.05) is 42.3 Å². The number of allylic oxidation sites excluding steroid dienone is 1. The lowest BCUT2D eigenvalue weighted by Gasteiger charge is -2.20. The van der Waals surface area contributed by atoms with Crippen molar-refractivity contribution in [3.63, 3.8) is 0 Å². The molecular weight excluding hydrogens is 303 g/mol. The van der Waals surface area contributed by atoms with Gasteiger partial charge >= 0.3 is 0 Å². The zero-order chi connectivity index (χ0) is 17.3. The van der Waals surface area contributed by atoms with E-state index in [-0.39, 0.29) is 5.82 Å². The van der Waals surface area contributed by atoms with E-state index in [0.29, 0.717) is 11.6 Å². The summed E-state index contributed by atoms with van der Waals surface area (Å²) in [4.78, 5) is 6.60. The van der Waals surface area contributed by atoms with Crippen LogP contribution < -0.4 is 4.90 Å². The van der Waals surface area contributed by atoms with Crippen LogP contribution in [0.25, 0.3) is 5.69 Å². The fourth-order valence-corrected chi connectivity index (χ4v) is 3.02. The Bertz CT molecular complexity index is 786. The highest BCUT2D eigenvalue weighted by molar-refractivity contribution is 5.79. The number of benzene rings is 1. The number of aliphatic imine (C=N–C) groups is 1. The molecular formula is C19H23FN4. The van der Waals surface area contributed by atoms with Crippen LogP contribution in [0.5, 0.6) is 0 Å². The molecule has 1 atom stereocenters.